The number of aliphatic carboxylic acids is 1. The molecule has 1 saturated carbocycles. The predicted molar refractivity (Wildman–Crippen MR) is 100 cm³/mol. The fourth-order valence-electron chi connectivity index (χ4n) is 4.57. The lowest BCUT2D eigenvalue weighted by molar-refractivity contribution is -0.167. The number of ketones is 1. The van der Waals surface area contributed by atoms with Gasteiger partial charge in [0, 0.05) is 12.3 Å². The lowest BCUT2D eigenvalue weighted by Gasteiger charge is -2.50. The van der Waals surface area contributed by atoms with Gasteiger partial charge in [-0.1, -0.05) is 57.5 Å². The molecule has 0 heterocycles. The first-order valence-electron chi connectivity index (χ1n) is 9.58. The summed E-state index contributed by atoms with van der Waals surface area (Å²) in [6.45, 7) is 6.21. The molecule has 0 aromatic heterocycles. The number of carboxylic acids is 1. The number of carbonyl (C=O) groups is 2. The summed E-state index contributed by atoms with van der Waals surface area (Å²) < 4.78 is 0. The lowest BCUT2D eigenvalue weighted by atomic mass is 9.52. The molecule has 1 unspecified atom stereocenters. The fourth-order valence-corrected chi connectivity index (χ4v) is 4.57. The van der Waals surface area contributed by atoms with Crippen molar-refractivity contribution in [1.29, 1.82) is 0 Å². The Balaban J connectivity index is 1.81. The number of hydrogen-bond donors (Lipinski definition) is 1. The molecule has 2 rings (SSSR count). The van der Waals surface area contributed by atoms with Crippen LogP contribution in [0.15, 0.2) is 30.3 Å². The summed E-state index contributed by atoms with van der Waals surface area (Å²) in [4.78, 5) is 24.4. The molecule has 138 valence electrons. The van der Waals surface area contributed by atoms with Crippen LogP contribution in [0.1, 0.15) is 71.3 Å². The van der Waals surface area contributed by atoms with Gasteiger partial charge < -0.3 is 5.11 Å². The average molecular weight is 344 g/mol. The van der Waals surface area contributed by atoms with E-state index in [2.05, 4.69) is 38.1 Å². The molecular weight excluding hydrogens is 312 g/mol. The minimum atomic E-state index is -0.807. The van der Waals surface area contributed by atoms with Crippen LogP contribution in [-0.4, -0.2) is 16.9 Å². The zero-order valence-electron chi connectivity index (χ0n) is 15.9. The Hall–Kier alpha value is -1.64. The second-order valence-electron chi connectivity index (χ2n) is 8.58. The Morgan fingerprint density at radius 1 is 1.12 bits per heavy atom. The molecule has 1 aromatic carbocycles. The highest BCUT2D eigenvalue weighted by molar-refractivity contribution is 5.88. The Labute approximate surface area is 151 Å². The molecule has 1 fully saturated rings. The molecule has 0 saturated heterocycles. The SMILES string of the molecule is CCC(CCCCc1ccccc1)C(=O)CC1(C(=O)O)CC(C)(C)C1. The molecule has 0 radical (unpaired) electrons. The molecule has 3 nitrogen and oxygen atoms in total. The standard InChI is InChI=1S/C22H32O3/c1-4-18(13-9-8-12-17-10-6-5-7-11-17)19(23)14-22(20(24)25)15-21(2,3)16-22/h5-7,10-11,18H,4,8-9,12-16H2,1-3H3,(H,24,25). The number of rotatable bonds is 10. The van der Waals surface area contributed by atoms with E-state index < -0.39 is 11.4 Å². The highest BCUT2D eigenvalue weighted by Crippen LogP contribution is 2.56. The van der Waals surface area contributed by atoms with Crippen molar-refractivity contribution in [2.24, 2.45) is 16.7 Å². The van der Waals surface area contributed by atoms with Crippen molar-refractivity contribution in [3.8, 4) is 0 Å². The lowest BCUT2D eigenvalue weighted by Crippen LogP contribution is -2.50. The van der Waals surface area contributed by atoms with E-state index in [-0.39, 0.29) is 23.5 Å². The second kappa shape index (κ2) is 8.16. The van der Waals surface area contributed by atoms with E-state index in [1.54, 1.807) is 0 Å². The van der Waals surface area contributed by atoms with Crippen LogP contribution in [0, 0.1) is 16.7 Å². The van der Waals surface area contributed by atoms with Crippen LogP contribution in [0.4, 0.5) is 0 Å². The maximum absolute atomic E-state index is 12.7. The summed E-state index contributed by atoms with van der Waals surface area (Å²) in [6.07, 6.45) is 6.26. The molecule has 0 amide bonds. The Kier molecular flexibility index (Phi) is 6.42. The third-order valence-corrected chi connectivity index (χ3v) is 5.66. The number of hydrogen-bond acceptors (Lipinski definition) is 2. The summed E-state index contributed by atoms with van der Waals surface area (Å²) in [6, 6.07) is 10.4. The molecule has 0 aliphatic heterocycles. The van der Waals surface area contributed by atoms with Gasteiger partial charge in [-0.2, -0.15) is 0 Å². The zero-order valence-corrected chi connectivity index (χ0v) is 15.9. The van der Waals surface area contributed by atoms with E-state index in [1.165, 1.54) is 5.56 Å². The third-order valence-electron chi connectivity index (χ3n) is 5.66. The van der Waals surface area contributed by atoms with Crippen LogP contribution in [0.5, 0.6) is 0 Å². The second-order valence-corrected chi connectivity index (χ2v) is 8.58. The van der Waals surface area contributed by atoms with Crippen molar-refractivity contribution in [1.82, 2.24) is 0 Å². The van der Waals surface area contributed by atoms with Crippen molar-refractivity contribution in [3.63, 3.8) is 0 Å². The normalized spacial score (nSPS) is 19.0. The van der Waals surface area contributed by atoms with Gasteiger partial charge in [0.15, 0.2) is 0 Å². The minimum Gasteiger partial charge on any atom is -0.481 e. The maximum Gasteiger partial charge on any atom is 0.310 e. The predicted octanol–water partition coefficient (Wildman–Crippen LogP) is 5.28. The van der Waals surface area contributed by atoms with Gasteiger partial charge in [-0.05, 0) is 49.5 Å². The van der Waals surface area contributed by atoms with Crippen LogP contribution in [0.2, 0.25) is 0 Å². The number of benzene rings is 1. The molecule has 1 aliphatic rings. The first-order chi connectivity index (χ1) is 11.8. The zero-order chi connectivity index (χ0) is 18.5. The average Bonchev–Trinajstić information content (AvgIpc) is 2.53. The Morgan fingerprint density at radius 3 is 2.28 bits per heavy atom. The van der Waals surface area contributed by atoms with Crippen LogP contribution in [-0.2, 0) is 16.0 Å². The van der Waals surface area contributed by atoms with E-state index in [0.717, 1.165) is 32.1 Å². The summed E-state index contributed by atoms with van der Waals surface area (Å²) >= 11 is 0. The molecule has 1 aromatic rings. The van der Waals surface area contributed by atoms with Gasteiger partial charge in [0.05, 0.1) is 5.41 Å². The summed E-state index contributed by atoms with van der Waals surface area (Å²) in [7, 11) is 0. The summed E-state index contributed by atoms with van der Waals surface area (Å²) in [5, 5.41) is 9.61. The van der Waals surface area contributed by atoms with Crippen molar-refractivity contribution < 1.29 is 14.7 Å². The van der Waals surface area contributed by atoms with E-state index in [0.29, 0.717) is 12.8 Å². The molecule has 25 heavy (non-hydrogen) atoms. The number of carboxylic acid groups (broad SMARTS) is 1. The van der Waals surface area contributed by atoms with E-state index in [1.807, 2.05) is 13.0 Å². The number of unbranched alkanes of at least 4 members (excludes halogenated alkanes) is 1. The maximum atomic E-state index is 12.7. The molecular formula is C22H32O3. The highest BCUT2D eigenvalue weighted by Gasteiger charge is 2.55. The van der Waals surface area contributed by atoms with E-state index in [9.17, 15) is 14.7 Å². The first-order valence-corrected chi connectivity index (χ1v) is 9.58. The number of Topliss-reactive ketones (excluding diaryl/α,β-unsaturated/α-hetero) is 1. The number of carbonyl (C=O) groups excluding carboxylic acids is 1. The summed E-state index contributed by atoms with van der Waals surface area (Å²) in [5.41, 5.74) is 0.581. The van der Waals surface area contributed by atoms with Crippen LogP contribution in [0.3, 0.4) is 0 Å². The van der Waals surface area contributed by atoms with Gasteiger partial charge in [0.25, 0.3) is 0 Å². The number of aryl methyl sites for hydroxylation is 1. The molecule has 0 spiro atoms. The topological polar surface area (TPSA) is 54.4 Å². The van der Waals surface area contributed by atoms with Gasteiger partial charge >= 0.3 is 5.97 Å². The largest absolute Gasteiger partial charge is 0.481 e. The third kappa shape index (κ3) is 5.17. The first kappa shape index (κ1) is 19.7. The van der Waals surface area contributed by atoms with Gasteiger partial charge in [0.2, 0.25) is 0 Å². The molecule has 3 heteroatoms. The Bertz CT molecular complexity index is 581. The fraction of sp³-hybridized carbons (Fsp3) is 0.636. The Morgan fingerprint density at radius 2 is 1.76 bits per heavy atom. The molecule has 1 aliphatic carbocycles. The van der Waals surface area contributed by atoms with E-state index >= 15 is 0 Å². The molecule has 0 bridgehead atoms. The van der Waals surface area contributed by atoms with Crippen LogP contribution in [0.25, 0.3) is 0 Å². The van der Waals surface area contributed by atoms with Gasteiger partial charge in [-0.3, -0.25) is 9.59 Å². The van der Waals surface area contributed by atoms with Crippen molar-refractivity contribution in [2.75, 3.05) is 0 Å². The van der Waals surface area contributed by atoms with E-state index in [4.69, 9.17) is 0 Å². The highest BCUT2D eigenvalue weighted by atomic mass is 16.4. The van der Waals surface area contributed by atoms with Gasteiger partial charge in [-0.15, -0.1) is 0 Å². The van der Waals surface area contributed by atoms with Gasteiger partial charge in [0.1, 0.15) is 5.78 Å². The van der Waals surface area contributed by atoms with Crippen molar-refractivity contribution in [2.45, 2.75) is 72.1 Å². The monoisotopic (exact) mass is 344 g/mol. The van der Waals surface area contributed by atoms with Gasteiger partial charge in [-0.25, -0.2) is 0 Å². The van der Waals surface area contributed by atoms with Crippen molar-refractivity contribution in [3.05, 3.63) is 35.9 Å². The smallest absolute Gasteiger partial charge is 0.310 e. The van der Waals surface area contributed by atoms with Crippen LogP contribution >= 0.6 is 0 Å². The van der Waals surface area contributed by atoms with Crippen molar-refractivity contribution >= 4 is 11.8 Å². The molecule has 1 N–H and O–H groups in total. The minimum absolute atomic E-state index is 0.00992. The quantitative estimate of drug-likeness (QED) is 0.588. The molecule has 1 atom stereocenters. The van der Waals surface area contributed by atoms with Crippen LogP contribution < -0.4 is 0 Å². The summed E-state index contributed by atoms with van der Waals surface area (Å²) in [5.74, 6) is -0.630.